The lowest BCUT2D eigenvalue weighted by molar-refractivity contribution is -0.122. The number of nitrogens with zero attached hydrogens (tertiary/aromatic N) is 3. The summed E-state index contributed by atoms with van der Waals surface area (Å²) in [5, 5.41) is 3.02. The maximum Gasteiger partial charge on any atom is 0.234 e. The molecule has 0 atom stereocenters. The zero-order chi connectivity index (χ0) is 19.2. The van der Waals surface area contributed by atoms with Gasteiger partial charge in [-0.05, 0) is 17.7 Å². The molecule has 0 unspecified atom stereocenters. The molecule has 1 amide bonds. The fourth-order valence-corrected chi connectivity index (χ4v) is 3.65. The van der Waals surface area contributed by atoms with Gasteiger partial charge in [0.25, 0.3) is 0 Å². The molecule has 0 radical (unpaired) electrons. The molecule has 1 aliphatic rings. The van der Waals surface area contributed by atoms with Gasteiger partial charge in [-0.3, -0.25) is 14.6 Å². The Bertz CT molecular complexity index is 866. The van der Waals surface area contributed by atoms with Gasteiger partial charge in [-0.25, -0.2) is 4.98 Å². The predicted molar refractivity (Wildman–Crippen MR) is 111 cm³/mol. The number of imidazole rings is 1. The van der Waals surface area contributed by atoms with Crippen molar-refractivity contribution < 1.29 is 4.79 Å². The largest absolute Gasteiger partial charge is 0.355 e. The fourth-order valence-electron chi connectivity index (χ4n) is 3.65. The lowest BCUT2D eigenvalue weighted by Gasteiger charge is -2.34. The molecule has 0 bridgehead atoms. The van der Waals surface area contributed by atoms with E-state index in [0.717, 1.165) is 49.6 Å². The summed E-state index contributed by atoms with van der Waals surface area (Å²) in [6.07, 6.45) is 0.714. The van der Waals surface area contributed by atoms with Crippen LogP contribution < -0.4 is 5.32 Å². The second kappa shape index (κ2) is 8.99. The number of H-pyrrole nitrogens is 1. The van der Waals surface area contributed by atoms with E-state index >= 15 is 0 Å². The van der Waals surface area contributed by atoms with Crippen molar-refractivity contribution in [2.45, 2.75) is 13.0 Å². The maximum atomic E-state index is 12.2. The van der Waals surface area contributed by atoms with Crippen molar-refractivity contribution in [1.82, 2.24) is 25.1 Å². The van der Waals surface area contributed by atoms with E-state index in [1.807, 2.05) is 30.3 Å². The Balaban J connectivity index is 1.15. The molecule has 3 aromatic rings. The number of para-hydroxylation sites is 2. The molecule has 6 nitrogen and oxygen atoms in total. The number of hydrogen-bond acceptors (Lipinski definition) is 4. The number of aromatic nitrogens is 2. The molecule has 4 rings (SSSR count). The number of fused-ring (bicyclic) bond motifs is 1. The van der Waals surface area contributed by atoms with E-state index < -0.39 is 0 Å². The van der Waals surface area contributed by atoms with Crippen molar-refractivity contribution >= 4 is 16.9 Å². The van der Waals surface area contributed by atoms with Crippen molar-refractivity contribution in [1.29, 1.82) is 0 Å². The van der Waals surface area contributed by atoms with Crippen LogP contribution in [0.1, 0.15) is 11.4 Å². The molecular weight excluding hydrogens is 350 g/mol. The molecule has 6 heteroatoms. The normalized spacial score (nSPS) is 15.7. The van der Waals surface area contributed by atoms with Crippen LogP contribution in [0.5, 0.6) is 0 Å². The second-order valence-electron chi connectivity index (χ2n) is 7.34. The molecule has 1 aromatic heterocycles. The molecule has 0 aliphatic carbocycles. The Labute approximate surface area is 165 Å². The van der Waals surface area contributed by atoms with Crippen LogP contribution >= 0.6 is 0 Å². The third kappa shape index (κ3) is 4.97. The molecule has 0 saturated carbocycles. The Morgan fingerprint density at radius 3 is 2.46 bits per heavy atom. The average molecular weight is 377 g/mol. The number of hydrogen-bond donors (Lipinski definition) is 2. The van der Waals surface area contributed by atoms with Gasteiger partial charge in [0, 0.05) is 45.7 Å². The van der Waals surface area contributed by atoms with E-state index in [-0.39, 0.29) is 5.91 Å². The molecule has 1 fully saturated rings. The smallest absolute Gasteiger partial charge is 0.234 e. The molecule has 146 valence electrons. The van der Waals surface area contributed by atoms with Crippen molar-refractivity contribution in [3.05, 3.63) is 66.0 Å². The lowest BCUT2D eigenvalue weighted by atomic mass is 10.2. The molecule has 1 aliphatic heterocycles. The van der Waals surface area contributed by atoms with Crippen molar-refractivity contribution in [3.8, 4) is 0 Å². The number of rotatable bonds is 7. The van der Waals surface area contributed by atoms with Gasteiger partial charge < -0.3 is 10.3 Å². The van der Waals surface area contributed by atoms with Gasteiger partial charge in [-0.2, -0.15) is 0 Å². The highest BCUT2D eigenvalue weighted by Gasteiger charge is 2.18. The van der Waals surface area contributed by atoms with E-state index in [1.165, 1.54) is 5.56 Å². The number of nitrogens with one attached hydrogen (secondary N) is 2. The van der Waals surface area contributed by atoms with Crippen LogP contribution in [0.4, 0.5) is 0 Å². The molecular formula is C22H27N5O. The first-order valence-corrected chi connectivity index (χ1v) is 9.95. The van der Waals surface area contributed by atoms with Gasteiger partial charge in [0.05, 0.1) is 17.6 Å². The minimum absolute atomic E-state index is 0.0904. The van der Waals surface area contributed by atoms with Gasteiger partial charge in [0.1, 0.15) is 5.82 Å². The third-order valence-corrected chi connectivity index (χ3v) is 5.20. The quantitative estimate of drug-likeness (QED) is 0.661. The number of piperazine rings is 1. The van der Waals surface area contributed by atoms with E-state index in [1.54, 1.807) is 0 Å². The van der Waals surface area contributed by atoms with Crippen LogP contribution in [0.25, 0.3) is 11.0 Å². The first-order chi connectivity index (χ1) is 13.8. The van der Waals surface area contributed by atoms with Crippen LogP contribution in [0.3, 0.4) is 0 Å². The summed E-state index contributed by atoms with van der Waals surface area (Å²) in [4.78, 5) is 24.8. The molecule has 1 saturated heterocycles. The summed E-state index contributed by atoms with van der Waals surface area (Å²) in [5.41, 5.74) is 3.36. The fraction of sp³-hybridized carbons (Fsp3) is 0.364. The monoisotopic (exact) mass is 377 g/mol. The summed E-state index contributed by atoms with van der Waals surface area (Å²) in [6, 6.07) is 18.5. The molecule has 2 N–H and O–H groups in total. The topological polar surface area (TPSA) is 64.3 Å². The van der Waals surface area contributed by atoms with Gasteiger partial charge >= 0.3 is 0 Å². The number of aromatic amines is 1. The highest BCUT2D eigenvalue weighted by molar-refractivity contribution is 5.78. The maximum absolute atomic E-state index is 12.2. The molecule has 2 aromatic carbocycles. The number of carbonyl (C=O) groups is 1. The molecule has 0 spiro atoms. The Hall–Kier alpha value is -2.70. The lowest BCUT2D eigenvalue weighted by Crippen LogP contribution is -2.49. The van der Waals surface area contributed by atoms with Gasteiger partial charge in [0.15, 0.2) is 0 Å². The number of amides is 1. The first kappa shape index (κ1) is 18.7. The highest BCUT2D eigenvalue weighted by atomic mass is 16.2. The highest BCUT2D eigenvalue weighted by Crippen LogP contribution is 2.10. The van der Waals surface area contributed by atoms with Crippen LogP contribution in [-0.2, 0) is 17.8 Å². The zero-order valence-electron chi connectivity index (χ0n) is 16.1. The standard InChI is InChI=1S/C22H27N5O/c28-22(23-11-10-21-24-19-8-4-5-9-20(19)25-21)17-27-14-12-26(13-15-27)16-18-6-2-1-3-7-18/h1-9H,10-17H2,(H,23,28)(H,24,25). The minimum atomic E-state index is 0.0904. The number of benzene rings is 2. The van der Waals surface area contributed by atoms with Gasteiger partial charge in [-0.1, -0.05) is 42.5 Å². The molecule has 28 heavy (non-hydrogen) atoms. The van der Waals surface area contributed by atoms with Crippen molar-refractivity contribution in [3.63, 3.8) is 0 Å². The Morgan fingerprint density at radius 2 is 1.68 bits per heavy atom. The SMILES string of the molecule is O=C(CN1CCN(Cc2ccccc2)CC1)NCCc1nc2ccccc2[nH]1. The second-order valence-corrected chi connectivity index (χ2v) is 7.34. The van der Waals surface area contributed by atoms with Gasteiger partial charge in [0.2, 0.25) is 5.91 Å². The first-order valence-electron chi connectivity index (χ1n) is 9.95. The van der Waals surface area contributed by atoms with Gasteiger partial charge in [-0.15, -0.1) is 0 Å². The Morgan fingerprint density at radius 1 is 0.964 bits per heavy atom. The Kier molecular flexibility index (Phi) is 5.99. The van der Waals surface area contributed by atoms with Crippen molar-refractivity contribution in [2.24, 2.45) is 0 Å². The summed E-state index contributed by atoms with van der Waals surface area (Å²) < 4.78 is 0. The average Bonchev–Trinajstić information content (AvgIpc) is 3.13. The summed E-state index contributed by atoms with van der Waals surface area (Å²) in [7, 11) is 0. The number of carbonyl (C=O) groups excluding carboxylic acids is 1. The zero-order valence-corrected chi connectivity index (χ0v) is 16.1. The van der Waals surface area contributed by atoms with Crippen LogP contribution in [-0.4, -0.2) is 64.9 Å². The van der Waals surface area contributed by atoms with E-state index in [2.05, 4.69) is 49.4 Å². The summed E-state index contributed by atoms with van der Waals surface area (Å²) in [5.74, 6) is 1.00. The van der Waals surface area contributed by atoms with Crippen LogP contribution in [0.2, 0.25) is 0 Å². The van der Waals surface area contributed by atoms with Crippen molar-refractivity contribution in [2.75, 3.05) is 39.3 Å². The van der Waals surface area contributed by atoms with E-state index in [9.17, 15) is 4.79 Å². The third-order valence-electron chi connectivity index (χ3n) is 5.20. The summed E-state index contributed by atoms with van der Waals surface area (Å²) in [6.45, 7) is 5.93. The predicted octanol–water partition coefficient (Wildman–Crippen LogP) is 2.04. The van der Waals surface area contributed by atoms with Crippen LogP contribution in [0, 0.1) is 0 Å². The summed E-state index contributed by atoms with van der Waals surface area (Å²) >= 11 is 0. The van der Waals surface area contributed by atoms with Crippen LogP contribution in [0.15, 0.2) is 54.6 Å². The minimum Gasteiger partial charge on any atom is -0.355 e. The van der Waals surface area contributed by atoms with E-state index in [0.29, 0.717) is 19.5 Å². The van der Waals surface area contributed by atoms with E-state index in [4.69, 9.17) is 0 Å². The molecule has 2 heterocycles.